The van der Waals surface area contributed by atoms with Crippen molar-refractivity contribution < 1.29 is 18.3 Å². The Bertz CT molecular complexity index is 246. The van der Waals surface area contributed by atoms with E-state index in [0.717, 1.165) is 0 Å². The van der Waals surface area contributed by atoms with Gasteiger partial charge in [-0.05, 0) is 0 Å². The van der Waals surface area contributed by atoms with Gasteiger partial charge in [0.2, 0.25) is 5.01 Å². The van der Waals surface area contributed by atoms with Crippen molar-refractivity contribution in [2.24, 2.45) is 0 Å². The highest BCUT2D eigenvalue weighted by molar-refractivity contribution is 7.11. The number of aliphatic hydroxyl groups excluding tert-OH is 1. The summed E-state index contributed by atoms with van der Waals surface area (Å²) in [7, 11) is 0. The molecule has 0 atom stereocenters. The molecule has 0 aromatic carbocycles. The Morgan fingerprint density at radius 1 is 1.36 bits per heavy atom. The van der Waals surface area contributed by atoms with Crippen molar-refractivity contribution in [2.45, 2.75) is 12.8 Å². The van der Waals surface area contributed by atoms with Crippen molar-refractivity contribution in [1.29, 1.82) is 0 Å². The molecule has 1 aromatic rings. The molecule has 3 nitrogen and oxygen atoms in total. The van der Waals surface area contributed by atoms with E-state index in [0.29, 0.717) is 11.3 Å². The largest absolute Gasteiger partial charge is 0.445 e. The zero-order valence-corrected chi connectivity index (χ0v) is 5.91. The van der Waals surface area contributed by atoms with Crippen molar-refractivity contribution in [2.75, 3.05) is 0 Å². The first-order valence-electron chi connectivity index (χ1n) is 2.54. The Labute approximate surface area is 63.5 Å². The van der Waals surface area contributed by atoms with Crippen LogP contribution < -0.4 is 0 Å². The van der Waals surface area contributed by atoms with Gasteiger partial charge in [0, 0.05) is 0 Å². The number of hydrogen-bond acceptors (Lipinski definition) is 4. The fourth-order valence-electron chi connectivity index (χ4n) is 0.432. The van der Waals surface area contributed by atoms with Crippen LogP contribution in [0.25, 0.3) is 0 Å². The SMILES string of the molecule is OCc1nnc(C(F)(F)F)s1. The molecule has 0 amide bonds. The fraction of sp³-hybridized carbons (Fsp3) is 0.500. The molecule has 1 N–H and O–H groups in total. The van der Waals surface area contributed by atoms with Crippen molar-refractivity contribution in [3.05, 3.63) is 10.0 Å². The van der Waals surface area contributed by atoms with E-state index in [4.69, 9.17) is 5.11 Å². The molecule has 0 aliphatic rings. The van der Waals surface area contributed by atoms with Crippen molar-refractivity contribution in [3.63, 3.8) is 0 Å². The third kappa shape index (κ3) is 1.87. The average Bonchev–Trinajstić information content (AvgIpc) is 2.32. The molecule has 0 radical (unpaired) electrons. The molecule has 0 spiro atoms. The summed E-state index contributed by atoms with van der Waals surface area (Å²) in [6.07, 6.45) is -4.45. The Hall–Kier alpha value is -0.690. The highest BCUT2D eigenvalue weighted by Gasteiger charge is 2.35. The first-order chi connectivity index (χ1) is 5.04. The van der Waals surface area contributed by atoms with E-state index in [9.17, 15) is 13.2 Å². The van der Waals surface area contributed by atoms with Crippen LogP contribution in [0.5, 0.6) is 0 Å². The standard InChI is InChI=1S/C4H3F3N2OS/c5-4(6,7)3-9-8-2(1-10)11-3/h10H,1H2. The number of halogens is 3. The molecule has 1 rings (SSSR count). The second-order valence-electron chi connectivity index (χ2n) is 1.66. The molecule has 0 bridgehead atoms. The molecule has 1 aromatic heterocycles. The summed E-state index contributed by atoms with van der Waals surface area (Å²) >= 11 is 0.343. The number of rotatable bonds is 1. The van der Waals surface area contributed by atoms with Gasteiger partial charge >= 0.3 is 6.18 Å². The van der Waals surface area contributed by atoms with Crippen LogP contribution in [-0.4, -0.2) is 15.3 Å². The van der Waals surface area contributed by atoms with Crippen LogP contribution in [0.1, 0.15) is 10.0 Å². The lowest BCUT2D eigenvalue weighted by Gasteiger charge is -1.96. The van der Waals surface area contributed by atoms with Crippen LogP contribution in [0.3, 0.4) is 0 Å². The molecule has 0 aliphatic carbocycles. The van der Waals surface area contributed by atoms with E-state index in [1.807, 2.05) is 0 Å². The fourth-order valence-corrected chi connectivity index (χ4v) is 0.999. The van der Waals surface area contributed by atoms with Crippen molar-refractivity contribution in [1.82, 2.24) is 10.2 Å². The van der Waals surface area contributed by atoms with Gasteiger partial charge in [0.15, 0.2) is 0 Å². The molecular weight excluding hydrogens is 181 g/mol. The van der Waals surface area contributed by atoms with Gasteiger partial charge in [0.1, 0.15) is 5.01 Å². The number of aromatic nitrogens is 2. The first kappa shape index (κ1) is 8.41. The molecule has 0 unspecified atom stereocenters. The van der Waals surface area contributed by atoms with Gasteiger partial charge in [-0.25, -0.2) is 0 Å². The highest BCUT2D eigenvalue weighted by atomic mass is 32.1. The Balaban J connectivity index is 2.89. The van der Waals surface area contributed by atoms with Gasteiger partial charge in [0.25, 0.3) is 0 Å². The van der Waals surface area contributed by atoms with Crippen LogP contribution in [-0.2, 0) is 12.8 Å². The minimum Gasteiger partial charge on any atom is -0.389 e. The molecular formula is C4H3F3N2OS. The molecule has 0 saturated heterocycles. The van der Waals surface area contributed by atoms with Crippen molar-refractivity contribution in [3.8, 4) is 0 Å². The van der Waals surface area contributed by atoms with Crippen LogP contribution in [0.2, 0.25) is 0 Å². The van der Waals surface area contributed by atoms with E-state index in [2.05, 4.69) is 10.2 Å². The minimum absolute atomic E-state index is 0.0303. The quantitative estimate of drug-likeness (QED) is 0.709. The van der Waals surface area contributed by atoms with Gasteiger partial charge in [-0.3, -0.25) is 0 Å². The summed E-state index contributed by atoms with van der Waals surface area (Å²) in [6.45, 7) is -0.506. The zero-order chi connectivity index (χ0) is 8.48. The molecule has 1 heterocycles. The summed E-state index contributed by atoms with van der Waals surface area (Å²) in [5, 5.41) is 13.2. The molecule has 0 saturated carbocycles. The second-order valence-corrected chi connectivity index (χ2v) is 2.72. The number of hydrogen-bond donors (Lipinski definition) is 1. The lowest BCUT2D eigenvalue weighted by molar-refractivity contribution is -0.138. The smallest absolute Gasteiger partial charge is 0.389 e. The van der Waals surface area contributed by atoms with Crippen LogP contribution in [0, 0.1) is 0 Å². The van der Waals surface area contributed by atoms with E-state index in [1.165, 1.54) is 0 Å². The molecule has 11 heavy (non-hydrogen) atoms. The van der Waals surface area contributed by atoms with Crippen LogP contribution >= 0.6 is 11.3 Å². The minimum atomic E-state index is -4.45. The Kier molecular flexibility index (Phi) is 2.10. The van der Waals surface area contributed by atoms with Crippen LogP contribution in [0.15, 0.2) is 0 Å². The first-order valence-corrected chi connectivity index (χ1v) is 3.36. The third-order valence-corrected chi connectivity index (χ3v) is 1.80. The maximum Gasteiger partial charge on any atom is 0.445 e. The maximum absolute atomic E-state index is 11.8. The lowest BCUT2D eigenvalue weighted by atomic mass is 10.7. The molecule has 0 fully saturated rings. The monoisotopic (exact) mass is 184 g/mol. The van der Waals surface area contributed by atoms with Crippen molar-refractivity contribution >= 4 is 11.3 Å². The van der Waals surface area contributed by atoms with E-state index >= 15 is 0 Å². The van der Waals surface area contributed by atoms with Crippen LogP contribution in [0.4, 0.5) is 13.2 Å². The van der Waals surface area contributed by atoms with Gasteiger partial charge in [-0.2, -0.15) is 13.2 Å². The lowest BCUT2D eigenvalue weighted by Crippen LogP contribution is -2.03. The molecule has 0 aliphatic heterocycles. The van der Waals surface area contributed by atoms with E-state index in [1.54, 1.807) is 0 Å². The summed E-state index contributed by atoms with van der Waals surface area (Å²) in [5.74, 6) is 0. The number of alkyl halides is 3. The van der Waals surface area contributed by atoms with Gasteiger partial charge < -0.3 is 5.11 Å². The second kappa shape index (κ2) is 2.74. The van der Waals surface area contributed by atoms with Gasteiger partial charge in [0.05, 0.1) is 6.61 Å². The summed E-state index contributed by atoms with van der Waals surface area (Å²) in [5.41, 5.74) is 0. The Morgan fingerprint density at radius 2 is 2.00 bits per heavy atom. The summed E-state index contributed by atoms with van der Waals surface area (Å²) < 4.78 is 35.3. The van der Waals surface area contributed by atoms with Gasteiger partial charge in [-0.1, -0.05) is 11.3 Å². The topological polar surface area (TPSA) is 46.0 Å². The zero-order valence-electron chi connectivity index (χ0n) is 5.09. The highest BCUT2D eigenvalue weighted by Crippen LogP contribution is 2.31. The number of aliphatic hydroxyl groups is 1. The predicted molar refractivity (Wildman–Crippen MR) is 30.8 cm³/mol. The maximum atomic E-state index is 11.8. The predicted octanol–water partition coefficient (Wildman–Crippen LogP) is 1.05. The normalized spacial score (nSPS) is 12.0. The third-order valence-electron chi connectivity index (χ3n) is 0.845. The summed E-state index contributed by atoms with van der Waals surface area (Å²) in [6, 6.07) is 0. The Morgan fingerprint density at radius 3 is 2.27 bits per heavy atom. The van der Waals surface area contributed by atoms with E-state index in [-0.39, 0.29) is 5.01 Å². The molecule has 62 valence electrons. The number of nitrogens with zero attached hydrogens (tertiary/aromatic N) is 2. The summed E-state index contributed by atoms with van der Waals surface area (Å²) in [4.78, 5) is 0. The molecule has 7 heteroatoms. The average molecular weight is 184 g/mol. The van der Waals surface area contributed by atoms with E-state index < -0.39 is 17.8 Å². The van der Waals surface area contributed by atoms with Gasteiger partial charge in [-0.15, -0.1) is 10.2 Å².